The second-order valence-corrected chi connectivity index (χ2v) is 18.7. The van der Waals surface area contributed by atoms with Gasteiger partial charge in [-0.05, 0) is 87.1 Å². The summed E-state index contributed by atoms with van der Waals surface area (Å²) in [6.07, 6.45) is 0. The van der Waals surface area contributed by atoms with Crippen LogP contribution in [-0.4, -0.2) is 148 Å². The monoisotopic (exact) mass is 1020 g/mol. The summed E-state index contributed by atoms with van der Waals surface area (Å²) >= 11 is 0. The number of aromatic nitrogens is 8. The first-order valence-corrected chi connectivity index (χ1v) is 25.8. The van der Waals surface area contributed by atoms with Crippen LogP contribution in [-0.2, 0) is 45.2 Å². The Balaban J connectivity index is 0.000000186. The number of rotatable bonds is 18. The van der Waals surface area contributed by atoms with Crippen molar-refractivity contribution in [2.24, 2.45) is 0 Å². The summed E-state index contributed by atoms with van der Waals surface area (Å²) < 4.78 is 11.4. The van der Waals surface area contributed by atoms with Gasteiger partial charge in [0.15, 0.2) is 12.4 Å². The van der Waals surface area contributed by atoms with Gasteiger partial charge in [0, 0.05) is 76.6 Å². The highest BCUT2D eigenvalue weighted by atomic mass is 16.5. The van der Waals surface area contributed by atoms with Gasteiger partial charge in [-0.15, -0.1) is 15.3 Å². The van der Waals surface area contributed by atoms with Crippen LogP contribution < -0.4 is 0 Å². The lowest BCUT2D eigenvalue weighted by Gasteiger charge is -2.40. The number of hydrogen-bond donors (Lipinski definition) is 2. The standard InChI is InChI=1S/2C29H32N6O3/c1-2-38-27(37)21-35-29(30-31-32-35)24-13-11-23(12-14-24)28(25-9-6-10-26(36)19-25)34-17-15-33(16-18-34)20-22-7-4-3-5-8-22;1-2-38-27(37)21-35-31-29(30-32-35)24-13-11-23(12-14-24)28(25-9-6-10-26(36)19-25)34-17-15-33(16-18-34)20-22-7-4-3-5-8-22/h2*3-14,19,28,36H,2,15-18,20-21H2,1H3. The fourth-order valence-corrected chi connectivity index (χ4v) is 9.88. The van der Waals surface area contributed by atoms with E-state index in [0.717, 1.165) is 98.8 Å². The fraction of sp³-hybridized carbons (Fsp3) is 0.310. The molecule has 76 heavy (non-hydrogen) atoms. The molecular weight excluding hydrogens is 961 g/mol. The fourth-order valence-electron chi connectivity index (χ4n) is 9.88. The molecule has 0 bridgehead atoms. The van der Waals surface area contributed by atoms with Gasteiger partial charge < -0.3 is 19.7 Å². The number of benzene rings is 6. The highest BCUT2D eigenvalue weighted by Gasteiger charge is 2.29. The van der Waals surface area contributed by atoms with Crippen molar-refractivity contribution in [2.75, 3.05) is 65.6 Å². The molecule has 2 unspecified atom stereocenters. The van der Waals surface area contributed by atoms with Gasteiger partial charge in [-0.1, -0.05) is 133 Å². The Hall–Kier alpha value is -8.16. The Morgan fingerprint density at radius 2 is 0.987 bits per heavy atom. The zero-order valence-corrected chi connectivity index (χ0v) is 43.0. The van der Waals surface area contributed by atoms with Crippen LogP contribution in [0.5, 0.6) is 11.5 Å². The average Bonchev–Trinajstić information content (AvgIpc) is 4.11. The Labute approximate surface area is 442 Å². The van der Waals surface area contributed by atoms with E-state index < -0.39 is 5.97 Å². The maximum Gasteiger partial charge on any atom is 0.329 e. The number of nitrogens with zero attached hydrogens (tertiary/aromatic N) is 12. The molecule has 2 aliphatic heterocycles. The number of carbonyl (C=O) groups excluding carboxylic acids is 2. The third-order valence-corrected chi connectivity index (χ3v) is 13.5. The number of aromatic hydroxyl groups is 2. The van der Waals surface area contributed by atoms with E-state index >= 15 is 0 Å². The minimum atomic E-state index is -0.399. The van der Waals surface area contributed by atoms with Gasteiger partial charge in [0.25, 0.3) is 0 Å². The second-order valence-electron chi connectivity index (χ2n) is 18.7. The molecule has 0 radical (unpaired) electrons. The number of phenolic OH excluding ortho intramolecular Hbond substituents is 2. The van der Waals surface area contributed by atoms with E-state index in [2.05, 4.69) is 135 Å². The molecule has 392 valence electrons. The molecule has 0 spiro atoms. The molecule has 2 N–H and O–H groups in total. The summed E-state index contributed by atoms with van der Waals surface area (Å²) in [6, 6.07) is 52.3. The van der Waals surface area contributed by atoms with Crippen LogP contribution in [0.2, 0.25) is 0 Å². The van der Waals surface area contributed by atoms with Crippen LogP contribution in [0.15, 0.2) is 158 Å². The van der Waals surface area contributed by atoms with E-state index in [1.807, 2.05) is 60.7 Å². The predicted octanol–water partition coefficient (Wildman–Crippen LogP) is 7.03. The zero-order valence-electron chi connectivity index (χ0n) is 43.0. The molecular formula is C58H64N12O6. The smallest absolute Gasteiger partial charge is 0.329 e. The van der Waals surface area contributed by atoms with Gasteiger partial charge >= 0.3 is 11.9 Å². The lowest BCUT2D eigenvalue weighted by molar-refractivity contribution is -0.145. The summed E-state index contributed by atoms with van der Waals surface area (Å²) in [4.78, 5) is 34.8. The molecule has 2 saturated heterocycles. The van der Waals surface area contributed by atoms with Crippen LogP contribution in [0.1, 0.15) is 59.3 Å². The molecule has 18 heteroatoms. The lowest BCUT2D eigenvalue weighted by Crippen LogP contribution is -2.47. The van der Waals surface area contributed by atoms with Crippen LogP contribution in [0, 0.1) is 0 Å². The van der Waals surface area contributed by atoms with E-state index in [1.54, 1.807) is 26.0 Å². The number of tetrazole rings is 2. The molecule has 10 rings (SSSR count). The van der Waals surface area contributed by atoms with Crippen molar-refractivity contribution in [3.8, 4) is 34.3 Å². The molecule has 8 aromatic rings. The van der Waals surface area contributed by atoms with Gasteiger partial charge in [-0.3, -0.25) is 24.4 Å². The maximum absolute atomic E-state index is 12.0. The molecule has 2 aromatic heterocycles. The molecule has 4 heterocycles. The molecule has 0 aliphatic carbocycles. The molecule has 2 fully saturated rings. The van der Waals surface area contributed by atoms with Crippen molar-refractivity contribution in [2.45, 2.75) is 52.1 Å². The van der Waals surface area contributed by atoms with Crippen molar-refractivity contribution in [3.05, 3.63) is 191 Å². The molecule has 0 saturated carbocycles. The topological polar surface area (TPSA) is 193 Å². The Bertz CT molecular complexity index is 3090. The maximum atomic E-state index is 12.0. The Morgan fingerprint density at radius 1 is 0.513 bits per heavy atom. The minimum absolute atomic E-state index is 0.00230. The third kappa shape index (κ3) is 14.0. The third-order valence-electron chi connectivity index (χ3n) is 13.5. The largest absolute Gasteiger partial charge is 0.508 e. The number of hydrogen-bond acceptors (Lipinski definition) is 16. The van der Waals surface area contributed by atoms with Crippen LogP contribution in [0.4, 0.5) is 0 Å². The van der Waals surface area contributed by atoms with E-state index in [1.165, 1.54) is 20.6 Å². The SMILES string of the molecule is CCOC(=O)Cn1nnc(-c2ccc(C(c3cccc(O)c3)N3CCN(Cc4ccccc4)CC3)cc2)n1.CCOC(=O)Cn1nnnc1-c1ccc(C(c2cccc(O)c2)N2CCN(Cc3ccccc3)CC2)cc1. The minimum Gasteiger partial charge on any atom is -0.508 e. The molecule has 0 amide bonds. The molecule has 18 nitrogen and oxygen atoms in total. The quantitative estimate of drug-likeness (QED) is 0.0832. The number of phenols is 2. The lowest BCUT2D eigenvalue weighted by atomic mass is 9.95. The number of piperazine rings is 2. The predicted molar refractivity (Wildman–Crippen MR) is 286 cm³/mol. The molecule has 6 aromatic carbocycles. The van der Waals surface area contributed by atoms with E-state index in [-0.39, 0.29) is 42.6 Å². The Kier molecular flexibility index (Phi) is 17.9. The van der Waals surface area contributed by atoms with Crippen molar-refractivity contribution >= 4 is 11.9 Å². The average molecular weight is 1030 g/mol. The first kappa shape index (κ1) is 52.7. The highest BCUT2D eigenvalue weighted by Crippen LogP contribution is 2.34. The van der Waals surface area contributed by atoms with E-state index in [9.17, 15) is 19.8 Å². The Morgan fingerprint density at radius 3 is 1.46 bits per heavy atom. The van der Waals surface area contributed by atoms with Crippen molar-refractivity contribution in [3.63, 3.8) is 0 Å². The van der Waals surface area contributed by atoms with Crippen molar-refractivity contribution in [1.29, 1.82) is 0 Å². The highest BCUT2D eigenvalue weighted by molar-refractivity contribution is 5.70. The summed E-state index contributed by atoms with van der Waals surface area (Å²) in [6.45, 7) is 13.4. The van der Waals surface area contributed by atoms with Gasteiger partial charge in [-0.2, -0.15) is 4.80 Å². The van der Waals surface area contributed by atoms with Crippen molar-refractivity contribution in [1.82, 2.24) is 60.0 Å². The van der Waals surface area contributed by atoms with Crippen LogP contribution >= 0.6 is 0 Å². The number of ether oxygens (including phenoxy) is 2. The molecule has 2 atom stereocenters. The summed E-state index contributed by atoms with van der Waals surface area (Å²) in [5, 5.41) is 44.7. The molecule has 2 aliphatic rings. The van der Waals surface area contributed by atoms with Crippen LogP contribution in [0.25, 0.3) is 22.8 Å². The van der Waals surface area contributed by atoms with E-state index in [4.69, 9.17) is 9.47 Å². The summed E-state index contributed by atoms with van der Waals surface area (Å²) in [5.41, 5.74) is 8.60. The van der Waals surface area contributed by atoms with Gasteiger partial charge in [0.2, 0.25) is 5.82 Å². The number of carbonyl (C=O) groups is 2. The first-order valence-electron chi connectivity index (χ1n) is 25.8. The normalized spacial score (nSPS) is 15.3. The first-order chi connectivity index (χ1) is 37.2. The number of esters is 2. The summed E-state index contributed by atoms with van der Waals surface area (Å²) in [7, 11) is 0. The van der Waals surface area contributed by atoms with Gasteiger partial charge in [0.1, 0.15) is 18.0 Å². The second kappa shape index (κ2) is 25.9. The summed E-state index contributed by atoms with van der Waals surface area (Å²) in [5.74, 6) is 0.689. The zero-order chi connectivity index (χ0) is 52.6. The van der Waals surface area contributed by atoms with Gasteiger partial charge in [-0.25, -0.2) is 9.48 Å². The van der Waals surface area contributed by atoms with Gasteiger partial charge in [0.05, 0.1) is 25.3 Å². The van der Waals surface area contributed by atoms with Crippen molar-refractivity contribution < 1.29 is 29.3 Å². The van der Waals surface area contributed by atoms with E-state index in [0.29, 0.717) is 24.9 Å². The van der Waals surface area contributed by atoms with Crippen LogP contribution in [0.3, 0.4) is 0 Å².